The van der Waals surface area contributed by atoms with Gasteiger partial charge in [-0.3, -0.25) is 82.7 Å². The van der Waals surface area contributed by atoms with Gasteiger partial charge in [-0.2, -0.15) is 24.4 Å². The van der Waals surface area contributed by atoms with Crippen LogP contribution >= 0.6 is 24.4 Å². The number of carbonyl (C=O) groups is 16. The van der Waals surface area contributed by atoms with Crippen molar-refractivity contribution in [3.63, 3.8) is 0 Å². The number of likely N-dealkylation sites (tertiary alicyclic amines) is 1. The molecule has 30 N–H and O–H groups in total. The number of carbonyl (C=O) groups excluding carboxylic acids is 13. The molecule has 1 fully saturated rings. The third-order valence-corrected chi connectivity index (χ3v) is 20.3. The first-order chi connectivity index (χ1) is 58.3. The van der Waals surface area contributed by atoms with Gasteiger partial charge < -0.3 is 137 Å². The maximum atomic E-state index is 14.8. The van der Waals surface area contributed by atoms with Crippen molar-refractivity contribution < 1.29 is 97.1 Å². The molecule has 15 atom stereocenters. The average molecular weight is 1770 g/mol. The Morgan fingerprint density at radius 3 is 1.21 bits per heavy atom. The fraction of sp³-hybridized carbons (Fsp3) is 0.589. The van der Waals surface area contributed by atoms with Crippen molar-refractivity contribution in [2.75, 3.05) is 37.4 Å². The summed E-state index contributed by atoms with van der Waals surface area (Å²) in [6.07, 6.45) is 7.49. The van der Waals surface area contributed by atoms with Crippen molar-refractivity contribution in [2.24, 2.45) is 29.0 Å². The number of thiol groups is 1. The number of nitrogens with two attached hydrogens (primary N) is 3. The van der Waals surface area contributed by atoms with Crippen molar-refractivity contribution in [2.45, 2.75) is 222 Å². The topological polar surface area (TPSA) is 766 Å². The van der Waals surface area contributed by atoms with Gasteiger partial charge in [-0.1, -0.05) is 27.7 Å². The largest absolute Gasteiger partial charge is 0.481 e. The zero-order valence-electron chi connectivity index (χ0n) is 68.7. The van der Waals surface area contributed by atoms with Gasteiger partial charge in [-0.15, -0.1) is 0 Å². The minimum atomic E-state index is -1.81. The van der Waals surface area contributed by atoms with E-state index < -0.39 is 235 Å². The van der Waals surface area contributed by atoms with Crippen LogP contribution in [-0.4, -0.2) is 300 Å². The van der Waals surface area contributed by atoms with Gasteiger partial charge in [0.1, 0.15) is 78.5 Å². The minimum Gasteiger partial charge on any atom is -0.481 e. The second-order valence-corrected chi connectivity index (χ2v) is 31.1. The maximum Gasteiger partial charge on any atom is 0.326 e. The highest BCUT2D eigenvalue weighted by atomic mass is 32.2. The van der Waals surface area contributed by atoms with Crippen LogP contribution < -0.4 is 91.6 Å². The SMILES string of the molecule is CSCC[C@H](NC(=O)[C@@H](N)Cc1c[nH]cn1)C(=O)N[C@H](C(=O)N[C@@H](CCC(=O)O)C(=O)N[C@H](C(=O)N[C@H](C(=O)N[C@@H](CCCNC(=N)N)C(=O)N[C@@H](Cc1c[nH]cn1)C(=O)N[C@@H](CS)C(=O)N1CCC[C@H]1C(=O)N[C@@H](Cc1c[nH]cn1)C(=O)N[C@@H](Cc1c[nH]cn1)C(=O)N[C@@H](CCC(=O)O)C(=O)N[C@@H](CCCNC(=N)N)C(=O)O)C(C)C)C(C)C)[C@@H](C)O. The van der Waals surface area contributed by atoms with Crippen molar-refractivity contribution in [3.8, 4) is 0 Å². The minimum absolute atomic E-state index is 0.00410. The number of aliphatic carboxylic acids is 3. The highest BCUT2D eigenvalue weighted by Gasteiger charge is 2.43. The fourth-order valence-electron chi connectivity index (χ4n) is 12.7. The van der Waals surface area contributed by atoms with Gasteiger partial charge in [0.25, 0.3) is 0 Å². The van der Waals surface area contributed by atoms with Gasteiger partial charge >= 0.3 is 17.9 Å². The number of amides is 13. The van der Waals surface area contributed by atoms with E-state index in [0.717, 1.165) is 11.8 Å². The summed E-state index contributed by atoms with van der Waals surface area (Å²) in [5, 5.41) is 90.6. The zero-order chi connectivity index (χ0) is 91.2. The molecule has 5 rings (SSSR count). The number of aromatic amines is 4. The van der Waals surface area contributed by atoms with E-state index in [4.69, 9.17) is 28.0 Å². The van der Waals surface area contributed by atoms with E-state index in [9.17, 15) is 97.1 Å². The Morgan fingerprint density at radius 1 is 0.472 bits per heavy atom. The van der Waals surface area contributed by atoms with E-state index in [1.54, 1.807) is 20.1 Å². The molecule has 678 valence electrons. The van der Waals surface area contributed by atoms with Crippen LogP contribution in [0.5, 0.6) is 0 Å². The second-order valence-electron chi connectivity index (χ2n) is 29.7. The summed E-state index contributed by atoms with van der Waals surface area (Å²) in [5.74, 6) is -19.5. The highest BCUT2D eigenvalue weighted by Crippen LogP contribution is 2.21. The van der Waals surface area contributed by atoms with Crippen LogP contribution in [0.15, 0.2) is 50.1 Å². The van der Waals surface area contributed by atoms with E-state index in [-0.39, 0.29) is 113 Å². The number of nitrogens with one attached hydrogen (secondary N) is 20. The zero-order valence-corrected chi connectivity index (χ0v) is 70.4. The third-order valence-electron chi connectivity index (χ3n) is 19.3. The standard InChI is InChI=1S/C73H114N28O20S2/c1-35(2)55(99-68(117)56(36(3)4)98-61(110)45(14-16-54(105)106)92-69(118)57(37(5)102)100-62(111)46(17-21-123-6)89-58(107)42(74)22-38-26-79-31-85-38)67(116)91-43(10-7-18-83-72(75)76)59(108)94-49(24-40-28-81-33-87-40)65(114)97-51(30-122)70(119)101-20-9-12-52(101)66(115)96-50(25-41-29-82-34-88-41)64(113)95-48(23-39-27-80-32-86-39)63(112)90-44(13-15-53(103)104)60(109)93-47(71(120)121)11-8-19-84-73(77)78/h26-29,31-37,42-52,55-57,102,122H,7-25,30,74H2,1-6H3,(H,79,85)(H,80,86)(H,81,87)(H,82,88)(H,89,107)(H,90,112)(H,91,116)(H,92,118)(H,93,109)(H,94,108)(H,95,113)(H,96,115)(H,97,114)(H,98,110)(H,99,117)(H,100,111)(H,103,104)(H,105,106)(H,120,121)(H4,75,76,83)(H4,77,78,84)/t37-,42+,43+,44+,45+,46+,47+,48+,49+,50+,51+,52+,55+,56+,57+/m1/s1. The fourth-order valence-corrected chi connectivity index (χ4v) is 13.4. The molecule has 4 aromatic rings. The molecule has 5 heterocycles. The molecule has 0 aromatic carbocycles. The first-order valence-electron chi connectivity index (χ1n) is 39.5. The first kappa shape index (κ1) is 101. The first-order valence-corrected chi connectivity index (χ1v) is 41.5. The highest BCUT2D eigenvalue weighted by molar-refractivity contribution is 7.98. The Bertz CT molecular complexity index is 4200. The van der Waals surface area contributed by atoms with E-state index in [1.165, 1.54) is 75.7 Å². The van der Waals surface area contributed by atoms with Crippen LogP contribution in [-0.2, 0) is 102 Å². The number of carboxylic acids is 3. The normalized spacial score (nSPS) is 15.9. The van der Waals surface area contributed by atoms with Crippen molar-refractivity contribution >= 4 is 131 Å². The quantitative estimate of drug-likeness (QED) is 0.00845. The van der Waals surface area contributed by atoms with Gasteiger partial charge in [-0.25, -0.2) is 24.7 Å². The van der Waals surface area contributed by atoms with Gasteiger partial charge in [-0.05, 0) is 88.6 Å². The van der Waals surface area contributed by atoms with Crippen molar-refractivity contribution in [3.05, 3.63) is 72.9 Å². The molecule has 1 aliphatic heterocycles. The monoisotopic (exact) mass is 1770 g/mol. The Balaban J connectivity index is 1.34. The number of aliphatic hydroxyl groups is 1. The molecule has 0 radical (unpaired) electrons. The molecule has 0 unspecified atom stereocenters. The van der Waals surface area contributed by atoms with E-state index in [0.29, 0.717) is 11.4 Å². The number of nitrogens with zero attached hydrogens (tertiary/aromatic N) is 5. The number of H-pyrrole nitrogens is 4. The number of imidazole rings is 4. The lowest BCUT2D eigenvalue weighted by atomic mass is 9.98. The summed E-state index contributed by atoms with van der Waals surface area (Å²) < 4.78 is 0. The van der Waals surface area contributed by atoms with Crippen molar-refractivity contribution in [1.82, 2.24) is 119 Å². The molecule has 0 spiro atoms. The predicted molar refractivity (Wildman–Crippen MR) is 443 cm³/mol. The van der Waals surface area contributed by atoms with Gasteiger partial charge in [0, 0.05) is 88.7 Å². The molecule has 1 aliphatic rings. The average Bonchev–Trinajstić information content (AvgIpc) is 1.76. The molecule has 4 aromatic heterocycles. The Morgan fingerprint density at radius 2 is 0.813 bits per heavy atom. The molecular weight excluding hydrogens is 1650 g/mol. The number of hydrogen-bond acceptors (Lipinski definition) is 26. The molecular formula is C73H114N28O20S2. The van der Waals surface area contributed by atoms with Crippen LogP contribution in [0.4, 0.5) is 0 Å². The van der Waals surface area contributed by atoms with Gasteiger partial charge in [0.2, 0.25) is 76.8 Å². The number of rotatable bonds is 55. The molecule has 1 saturated heterocycles. The number of guanidine groups is 2. The van der Waals surface area contributed by atoms with E-state index in [2.05, 4.69) is 127 Å². The molecule has 123 heavy (non-hydrogen) atoms. The van der Waals surface area contributed by atoms with E-state index in [1.807, 2.05) is 0 Å². The van der Waals surface area contributed by atoms with Crippen LogP contribution in [0.2, 0.25) is 0 Å². The lowest BCUT2D eigenvalue weighted by Gasteiger charge is -2.31. The summed E-state index contributed by atoms with van der Waals surface area (Å²) in [6, 6.07) is -21.5. The molecule has 0 bridgehead atoms. The Kier molecular flexibility index (Phi) is 42.2. The van der Waals surface area contributed by atoms with Crippen LogP contribution in [0.25, 0.3) is 0 Å². The van der Waals surface area contributed by atoms with Crippen LogP contribution in [0, 0.1) is 22.7 Å². The lowest BCUT2D eigenvalue weighted by Crippen LogP contribution is -2.62. The number of thioether (sulfide) groups is 1. The summed E-state index contributed by atoms with van der Waals surface area (Å²) >= 11 is 5.75. The number of aromatic nitrogens is 8. The second kappa shape index (κ2) is 51.3. The summed E-state index contributed by atoms with van der Waals surface area (Å²) in [6.45, 7) is 7.25. The molecule has 48 nitrogen and oxygen atoms in total. The number of carboxylic acid groups (broad SMARTS) is 3. The van der Waals surface area contributed by atoms with E-state index >= 15 is 0 Å². The Hall–Kier alpha value is -12.5. The number of hydrogen-bond donors (Lipinski definition) is 28. The van der Waals surface area contributed by atoms with Crippen molar-refractivity contribution in [1.29, 1.82) is 10.8 Å². The predicted octanol–water partition coefficient (Wildman–Crippen LogP) is -7.30. The summed E-state index contributed by atoms with van der Waals surface area (Å²) in [7, 11) is 0. The summed E-state index contributed by atoms with van der Waals surface area (Å²) in [5.41, 5.74) is 18.1. The summed E-state index contributed by atoms with van der Waals surface area (Å²) in [4.78, 5) is 251. The van der Waals surface area contributed by atoms with Crippen LogP contribution in [0.3, 0.4) is 0 Å². The molecule has 13 amide bonds. The van der Waals surface area contributed by atoms with Crippen LogP contribution in [0.1, 0.15) is 128 Å². The smallest absolute Gasteiger partial charge is 0.326 e. The number of aliphatic hydroxyl groups excluding tert-OH is 1. The maximum absolute atomic E-state index is 14.8. The van der Waals surface area contributed by atoms with Gasteiger partial charge in [0.05, 0.1) is 60.2 Å². The molecule has 0 aliphatic carbocycles. The lowest BCUT2D eigenvalue weighted by molar-refractivity contribution is -0.143. The Labute approximate surface area is 715 Å². The molecule has 0 saturated carbocycles. The third kappa shape index (κ3) is 34.5. The van der Waals surface area contributed by atoms with Gasteiger partial charge in [0.15, 0.2) is 11.9 Å². The molecule has 50 heteroatoms.